The molecule has 1 atom stereocenters. The maximum absolute atomic E-state index is 11.3. The van der Waals surface area contributed by atoms with E-state index in [1.54, 1.807) is 12.5 Å². The molecular weight excluding hydrogens is 192 g/mol. The zero-order chi connectivity index (χ0) is 11.1. The molecule has 0 spiro atoms. The summed E-state index contributed by atoms with van der Waals surface area (Å²) in [4.78, 5) is 15.3. The second kappa shape index (κ2) is 6.19. The number of carbonyl (C=O) groups excluding carboxylic acids is 1. The van der Waals surface area contributed by atoms with Crippen molar-refractivity contribution in [2.24, 2.45) is 5.73 Å². The van der Waals surface area contributed by atoms with Gasteiger partial charge in [-0.05, 0) is 19.9 Å². The number of amides is 1. The summed E-state index contributed by atoms with van der Waals surface area (Å²) in [7, 11) is 0. The first kappa shape index (κ1) is 11.7. The summed E-state index contributed by atoms with van der Waals surface area (Å²) in [5.41, 5.74) is 5.32. The first-order valence-corrected chi connectivity index (χ1v) is 5.17. The Kier molecular flexibility index (Phi) is 4.83. The molecule has 0 radical (unpaired) electrons. The Morgan fingerprint density at radius 1 is 1.67 bits per heavy atom. The molecule has 5 nitrogen and oxygen atoms in total. The largest absolute Gasteiger partial charge is 0.352 e. The maximum Gasteiger partial charge on any atom is 0.220 e. The van der Waals surface area contributed by atoms with Gasteiger partial charge in [0.1, 0.15) is 0 Å². The van der Waals surface area contributed by atoms with Crippen molar-refractivity contribution in [2.75, 3.05) is 6.54 Å². The molecule has 1 heterocycles. The Labute approximate surface area is 89.7 Å². The van der Waals surface area contributed by atoms with Crippen LogP contribution in [0.15, 0.2) is 18.7 Å². The van der Waals surface area contributed by atoms with Crippen LogP contribution in [0.4, 0.5) is 0 Å². The lowest BCUT2D eigenvalue weighted by atomic mass is 10.2. The Morgan fingerprint density at radius 2 is 2.47 bits per heavy atom. The van der Waals surface area contributed by atoms with Crippen LogP contribution in [0.3, 0.4) is 0 Å². The van der Waals surface area contributed by atoms with E-state index in [4.69, 9.17) is 5.73 Å². The van der Waals surface area contributed by atoms with Gasteiger partial charge in [0, 0.05) is 31.4 Å². The SMILES string of the molecule is CC(Cn1ccnc1)NC(=O)CCCN. The fourth-order valence-corrected chi connectivity index (χ4v) is 1.37. The predicted molar refractivity (Wildman–Crippen MR) is 58.1 cm³/mol. The van der Waals surface area contributed by atoms with Gasteiger partial charge in [-0.25, -0.2) is 4.98 Å². The Morgan fingerprint density at radius 3 is 3.07 bits per heavy atom. The molecule has 5 heteroatoms. The summed E-state index contributed by atoms with van der Waals surface area (Å²) in [5, 5.41) is 2.91. The molecule has 15 heavy (non-hydrogen) atoms. The molecule has 0 aliphatic heterocycles. The Balaban J connectivity index is 2.23. The van der Waals surface area contributed by atoms with Gasteiger partial charge < -0.3 is 15.6 Å². The van der Waals surface area contributed by atoms with E-state index < -0.39 is 0 Å². The van der Waals surface area contributed by atoms with Crippen molar-refractivity contribution in [1.82, 2.24) is 14.9 Å². The molecule has 1 rings (SSSR count). The number of rotatable bonds is 6. The lowest BCUT2D eigenvalue weighted by Gasteiger charge is -2.14. The highest BCUT2D eigenvalue weighted by Gasteiger charge is 2.06. The molecule has 0 bridgehead atoms. The standard InChI is InChI=1S/C10H18N4O/c1-9(7-14-6-5-12-8-14)13-10(15)3-2-4-11/h5-6,8-9H,2-4,7,11H2,1H3,(H,13,15). The number of hydrogen-bond donors (Lipinski definition) is 2. The van der Waals surface area contributed by atoms with E-state index in [1.807, 2.05) is 17.7 Å². The lowest BCUT2D eigenvalue weighted by molar-refractivity contribution is -0.121. The third kappa shape index (κ3) is 4.60. The van der Waals surface area contributed by atoms with Crippen LogP contribution in [0.5, 0.6) is 0 Å². The fraction of sp³-hybridized carbons (Fsp3) is 0.600. The van der Waals surface area contributed by atoms with Gasteiger partial charge in [0.05, 0.1) is 6.33 Å². The summed E-state index contributed by atoms with van der Waals surface area (Å²) in [6.45, 7) is 3.28. The lowest BCUT2D eigenvalue weighted by Crippen LogP contribution is -2.35. The summed E-state index contributed by atoms with van der Waals surface area (Å²) >= 11 is 0. The van der Waals surface area contributed by atoms with E-state index in [2.05, 4.69) is 10.3 Å². The Bertz CT molecular complexity index is 284. The number of nitrogens with zero attached hydrogens (tertiary/aromatic N) is 2. The number of hydrogen-bond acceptors (Lipinski definition) is 3. The molecule has 1 amide bonds. The highest BCUT2D eigenvalue weighted by atomic mass is 16.1. The van der Waals surface area contributed by atoms with Gasteiger partial charge in [-0.3, -0.25) is 4.79 Å². The first-order valence-electron chi connectivity index (χ1n) is 5.17. The minimum absolute atomic E-state index is 0.0630. The van der Waals surface area contributed by atoms with Crippen LogP contribution in [0.1, 0.15) is 19.8 Å². The zero-order valence-corrected chi connectivity index (χ0v) is 9.02. The monoisotopic (exact) mass is 210 g/mol. The molecule has 1 unspecified atom stereocenters. The summed E-state index contributed by atoms with van der Waals surface area (Å²) < 4.78 is 1.94. The number of carbonyl (C=O) groups is 1. The van der Waals surface area contributed by atoms with Crippen LogP contribution in [-0.2, 0) is 11.3 Å². The van der Waals surface area contributed by atoms with Crippen molar-refractivity contribution in [2.45, 2.75) is 32.4 Å². The highest BCUT2D eigenvalue weighted by Crippen LogP contribution is 1.93. The van der Waals surface area contributed by atoms with Crippen molar-refractivity contribution >= 4 is 5.91 Å². The van der Waals surface area contributed by atoms with Gasteiger partial charge >= 0.3 is 0 Å². The molecular formula is C10H18N4O. The van der Waals surface area contributed by atoms with Crippen LogP contribution in [-0.4, -0.2) is 28.0 Å². The fourth-order valence-electron chi connectivity index (χ4n) is 1.37. The van der Waals surface area contributed by atoms with Crippen LogP contribution >= 0.6 is 0 Å². The molecule has 3 N–H and O–H groups in total. The van der Waals surface area contributed by atoms with E-state index in [0.717, 1.165) is 13.0 Å². The second-order valence-corrected chi connectivity index (χ2v) is 3.62. The minimum atomic E-state index is 0.0630. The second-order valence-electron chi connectivity index (χ2n) is 3.62. The van der Waals surface area contributed by atoms with Crippen LogP contribution in [0.25, 0.3) is 0 Å². The minimum Gasteiger partial charge on any atom is -0.352 e. The van der Waals surface area contributed by atoms with Gasteiger partial charge in [-0.2, -0.15) is 0 Å². The normalized spacial score (nSPS) is 12.4. The molecule has 0 saturated heterocycles. The first-order chi connectivity index (χ1) is 7.22. The number of nitrogens with two attached hydrogens (primary N) is 1. The van der Waals surface area contributed by atoms with E-state index in [9.17, 15) is 4.79 Å². The van der Waals surface area contributed by atoms with Crippen molar-refractivity contribution in [3.63, 3.8) is 0 Å². The maximum atomic E-state index is 11.3. The molecule has 0 aliphatic carbocycles. The van der Waals surface area contributed by atoms with Crippen LogP contribution in [0, 0.1) is 0 Å². The molecule has 0 aromatic carbocycles. The van der Waals surface area contributed by atoms with Crippen molar-refractivity contribution in [3.05, 3.63) is 18.7 Å². The number of nitrogens with one attached hydrogen (secondary N) is 1. The Hall–Kier alpha value is -1.36. The van der Waals surface area contributed by atoms with Gasteiger partial charge in [-0.1, -0.05) is 0 Å². The van der Waals surface area contributed by atoms with E-state index in [0.29, 0.717) is 13.0 Å². The molecule has 0 fully saturated rings. The van der Waals surface area contributed by atoms with E-state index in [1.165, 1.54) is 0 Å². The summed E-state index contributed by atoms with van der Waals surface area (Å²) in [5.74, 6) is 0.0630. The van der Waals surface area contributed by atoms with Gasteiger partial charge in [0.25, 0.3) is 0 Å². The summed E-state index contributed by atoms with van der Waals surface area (Å²) in [6, 6.07) is 0.115. The summed E-state index contributed by atoms with van der Waals surface area (Å²) in [6.07, 6.45) is 6.59. The predicted octanol–water partition coefficient (Wildman–Crippen LogP) is 0.127. The van der Waals surface area contributed by atoms with Gasteiger partial charge in [-0.15, -0.1) is 0 Å². The number of aromatic nitrogens is 2. The average Bonchev–Trinajstić information content (AvgIpc) is 2.67. The molecule has 1 aromatic rings. The van der Waals surface area contributed by atoms with Crippen molar-refractivity contribution in [3.8, 4) is 0 Å². The third-order valence-electron chi connectivity index (χ3n) is 2.06. The van der Waals surface area contributed by atoms with Crippen LogP contribution < -0.4 is 11.1 Å². The zero-order valence-electron chi connectivity index (χ0n) is 9.02. The van der Waals surface area contributed by atoms with Crippen molar-refractivity contribution < 1.29 is 4.79 Å². The van der Waals surface area contributed by atoms with Crippen LogP contribution in [0.2, 0.25) is 0 Å². The van der Waals surface area contributed by atoms with Gasteiger partial charge in [0.2, 0.25) is 5.91 Å². The smallest absolute Gasteiger partial charge is 0.220 e. The number of imidazole rings is 1. The molecule has 0 saturated carbocycles. The molecule has 1 aromatic heterocycles. The van der Waals surface area contributed by atoms with Gasteiger partial charge in [0.15, 0.2) is 0 Å². The topological polar surface area (TPSA) is 72.9 Å². The quantitative estimate of drug-likeness (QED) is 0.700. The highest BCUT2D eigenvalue weighted by molar-refractivity contribution is 5.76. The van der Waals surface area contributed by atoms with E-state index >= 15 is 0 Å². The van der Waals surface area contributed by atoms with E-state index in [-0.39, 0.29) is 11.9 Å². The molecule has 0 aliphatic rings. The molecule has 84 valence electrons. The average molecular weight is 210 g/mol. The third-order valence-corrected chi connectivity index (χ3v) is 2.06. The van der Waals surface area contributed by atoms with Crippen molar-refractivity contribution in [1.29, 1.82) is 0 Å².